The number of hydrogen-bond acceptors (Lipinski definition) is 6. The van der Waals surface area contributed by atoms with Gasteiger partial charge in [-0.3, -0.25) is 4.79 Å². The normalized spacial score (nSPS) is 10.2. The molecule has 0 saturated heterocycles. The van der Waals surface area contributed by atoms with Crippen LogP contribution < -0.4 is 14.8 Å². The van der Waals surface area contributed by atoms with E-state index in [1.54, 1.807) is 49.4 Å². The molecule has 0 aliphatic heterocycles. The van der Waals surface area contributed by atoms with Crippen molar-refractivity contribution in [3.8, 4) is 16.7 Å². The molecule has 3 aromatic rings. The van der Waals surface area contributed by atoms with E-state index in [2.05, 4.69) is 14.7 Å². The van der Waals surface area contributed by atoms with Gasteiger partial charge in [-0.05, 0) is 43.3 Å². The minimum Gasteiger partial charge on any atom is -0.496 e. The van der Waals surface area contributed by atoms with Crippen LogP contribution in [-0.4, -0.2) is 22.4 Å². The van der Waals surface area contributed by atoms with Gasteiger partial charge in [0.1, 0.15) is 17.3 Å². The molecule has 0 aliphatic rings. The first kappa shape index (κ1) is 15.9. The molecular weight excluding hydrogens is 326 g/mol. The highest BCUT2D eigenvalue weighted by molar-refractivity contribution is 7.07. The van der Waals surface area contributed by atoms with Gasteiger partial charge in [0.25, 0.3) is 11.1 Å². The van der Waals surface area contributed by atoms with Gasteiger partial charge in [0.05, 0.1) is 12.7 Å². The van der Waals surface area contributed by atoms with Crippen LogP contribution in [0.1, 0.15) is 16.2 Å². The lowest BCUT2D eigenvalue weighted by Gasteiger charge is -2.09. The van der Waals surface area contributed by atoms with Crippen molar-refractivity contribution in [2.45, 2.75) is 6.92 Å². The topological polar surface area (TPSA) is 73.3 Å². The number of amides is 1. The van der Waals surface area contributed by atoms with Crippen molar-refractivity contribution in [2.24, 2.45) is 0 Å². The number of hydrogen-bond donors (Lipinski definition) is 1. The molecule has 24 heavy (non-hydrogen) atoms. The molecule has 0 atom stereocenters. The van der Waals surface area contributed by atoms with Crippen molar-refractivity contribution in [3.63, 3.8) is 0 Å². The van der Waals surface area contributed by atoms with Crippen LogP contribution in [0.2, 0.25) is 0 Å². The highest BCUT2D eigenvalue weighted by Gasteiger charge is 2.11. The highest BCUT2D eigenvalue weighted by atomic mass is 32.1. The van der Waals surface area contributed by atoms with Crippen molar-refractivity contribution in [1.29, 1.82) is 0 Å². The molecule has 1 N–H and O–H groups in total. The zero-order chi connectivity index (χ0) is 16.9. The zero-order valence-electron chi connectivity index (χ0n) is 13.1. The quantitative estimate of drug-likeness (QED) is 0.762. The Kier molecular flexibility index (Phi) is 4.72. The molecule has 0 unspecified atom stereocenters. The molecule has 7 heteroatoms. The van der Waals surface area contributed by atoms with Crippen molar-refractivity contribution in [1.82, 2.24) is 9.36 Å². The Labute approximate surface area is 143 Å². The third-order valence-corrected chi connectivity index (χ3v) is 3.86. The van der Waals surface area contributed by atoms with E-state index < -0.39 is 0 Å². The van der Waals surface area contributed by atoms with Gasteiger partial charge >= 0.3 is 0 Å². The Morgan fingerprint density at radius 3 is 2.54 bits per heavy atom. The van der Waals surface area contributed by atoms with E-state index in [0.29, 0.717) is 33.8 Å². The summed E-state index contributed by atoms with van der Waals surface area (Å²) in [5, 5.41) is 3.31. The van der Waals surface area contributed by atoms with Gasteiger partial charge in [-0.1, -0.05) is 12.1 Å². The number of aromatic nitrogens is 2. The third-order valence-electron chi connectivity index (χ3n) is 3.18. The Hall–Kier alpha value is -2.93. The fourth-order valence-corrected chi connectivity index (χ4v) is 2.61. The van der Waals surface area contributed by atoms with E-state index >= 15 is 0 Å². The average molecular weight is 341 g/mol. The molecule has 0 radical (unpaired) electrons. The molecule has 3 rings (SSSR count). The molecule has 1 heterocycles. The SMILES string of the molecule is COc1ccccc1C(=O)Nc1ccc(Oc2nc(C)ns2)cc1. The number of carbonyl (C=O) groups is 1. The Bertz CT molecular complexity index is 846. The number of ether oxygens (including phenoxy) is 2. The fraction of sp³-hybridized carbons (Fsp3) is 0.118. The van der Waals surface area contributed by atoms with E-state index in [1.165, 1.54) is 18.6 Å². The summed E-state index contributed by atoms with van der Waals surface area (Å²) in [4.78, 5) is 16.5. The summed E-state index contributed by atoms with van der Waals surface area (Å²) in [5.74, 6) is 1.60. The van der Waals surface area contributed by atoms with E-state index in [4.69, 9.17) is 9.47 Å². The van der Waals surface area contributed by atoms with E-state index in [-0.39, 0.29) is 5.91 Å². The zero-order valence-corrected chi connectivity index (χ0v) is 14.0. The third kappa shape index (κ3) is 3.69. The molecule has 6 nitrogen and oxygen atoms in total. The average Bonchev–Trinajstić information content (AvgIpc) is 3.01. The number of anilines is 1. The first-order valence-corrected chi connectivity index (χ1v) is 7.95. The molecule has 1 amide bonds. The van der Waals surface area contributed by atoms with Crippen LogP contribution in [0.15, 0.2) is 48.5 Å². The lowest BCUT2D eigenvalue weighted by atomic mass is 10.2. The fourth-order valence-electron chi connectivity index (χ4n) is 2.06. The van der Waals surface area contributed by atoms with Crippen LogP contribution in [0.25, 0.3) is 0 Å². The summed E-state index contributed by atoms with van der Waals surface area (Å²) in [6.45, 7) is 1.81. The monoisotopic (exact) mass is 341 g/mol. The van der Waals surface area contributed by atoms with Gasteiger partial charge in [-0.2, -0.15) is 9.36 Å². The number of nitrogens with one attached hydrogen (secondary N) is 1. The number of benzene rings is 2. The Morgan fingerprint density at radius 1 is 1.12 bits per heavy atom. The van der Waals surface area contributed by atoms with E-state index in [9.17, 15) is 4.79 Å². The minimum absolute atomic E-state index is 0.235. The van der Waals surface area contributed by atoms with Gasteiger partial charge in [0.15, 0.2) is 0 Å². The lowest BCUT2D eigenvalue weighted by Crippen LogP contribution is -2.12. The molecule has 2 aromatic carbocycles. The van der Waals surface area contributed by atoms with Crippen LogP contribution in [0, 0.1) is 6.92 Å². The van der Waals surface area contributed by atoms with Gasteiger partial charge in [-0.25, -0.2) is 0 Å². The van der Waals surface area contributed by atoms with Crippen LogP contribution in [0.4, 0.5) is 5.69 Å². The second-order valence-corrected chi connectivity index (χ2v) is 5.60. The van der Waals surface area contributed by atoms with Crippen molar-refractivity contribution in [2.75, 3.05) is 12.4 Å². The summed E-state index contributed by atoms with van der Waals surface area (Å²) in [6, 6.07) is 14.1. The molecule has 0 aliphatic carbocycles. The molecule has 0 bridgehead atoms. The van der Waals surface area contributed by atoms with Gasteiger partial charge < -0.3 is 14.8 Å². The summed E-state index contributed by atoms with van der Waals surface area (Å²) in [6.07, 6.45) is 0. The van der Waals surface area contributed by atoms with Gasteiger partial charge in [0.2, 0.25) is 0 Å². The predicted octanol–water partition coefficient (Wildman–Crippen LogP) is 3.90. The molecule has 1 aromatic heterocycles. The number of rotatable bonds is 5. The summed E-state index contributed by atoms with van der Waals surface area (Å²) >= 11 is 1.19. The molecule has 0 spiro atoms. The largest absolute Gasteiger partial charge is 0.496 e. The van der Waals surface area contributed by atoms with E-state index in [0.717, 1.165) is 0 Å². The molecule has 122 valence electrons. The van der Waals surface area contributed by atoms with Gasteiger partial charge in [-0.15, -0.1) is 0 Å². The smallest absolute Gasteiger partial charge is 0.298 e. The van der Waals surface area contributed by atoms with Crippen molar-refractivity contribution >= 4 is 23.1 Å². The first-order chi connectivity index (χ1) is 11.7. The maximum atomic E-state index is 12.3. The van der Waals surface area contributed by atoms with Crippen molar-refractivity contribution < 1.29 is 14.3 Å². The van der Waals surface area contributed by atoms with Crippen LogP contribution in [-0.2, 0) is 0 Å². The predicted molar refractivity (Wildman–Crippen MR) is 92.1 cm³/mol. The number of aryl methyl sites for hydroxylation is 1. The number of carbonyl (C=O) groups excluding carboxylic acids is 1. The van der Waals surface area contributed by atoms with Gasteiger partial charge in [0, 0.05) is 17.2 Å². The second-order valence-electron chi connectivity index (χ2n) is 4.89. The van der Waals surface area contributed by atoms with Crippen LogP contribution in [0.3, 0.4) is 0 Å². The van der Waals surface area contributed by atoms with E-state index in [1.807, 2.05) is 6.07 Å². The summed E-state index contributed by atoms with van der Waals surface area (Å²) < 4.78 is 14.8. The number of nitrogens with zero attached hydrogens (tertiary/aromatic N) is 2. The minimum atomic E-state index is -0.235. The number of para-hydroxylation sites is 1. The lowest BCUT2D eigenvalue weighted by molar-refractivity contribution is 0.102. The molecular formula is C17H15N3O3S. The first-order valence-electron chi connectivity index (χ1n) is 7.18. The van der Waals surface area contributed by atoms with Crippen LogP contribution >= 0.6 is 11.5 Å². The Morgan fingerprint density at radius 2 is 1.88 bits per heavy atom. The number of methoxy groups -OCH3 is 1. The maximum Gasteiger partial charge on any atom is 0.298 e. The molecule has 0 fully saturated rings. The maximum absolute atomic E-state index is 12.3. The molecule has 0 saturated carbocycles. The summed E-state index contributed by atoms with van der Waals surface area (Å²) in [5.41, 5.74) is 1.14. The second kappa shape index (κ2) is 7.10. The van der Waals surface area contributed by atoms with Crippen LogP contribution in [0.5, 0.6) is 16.7 Å². The summed E-state index contributed by atoms with van der Waals surface area (Å²) in [7, 11) is 1.54. The standard InChI is InChI=1S/C17H15N3O3S/c1-11-18-17(24-20-11)23-13-9-7-12(8-10-13)19-16(21)14-5-3-4-6-15(14)22-2/h3-10H,1-2H3,(H,19,21). The van der Waals surface area contributed by atoms with Crippen molar-refractivity contribution in [3.05, 3.63) is 59.9 Å². The highest BCUT2D eigenvalue weighted by Crippen LogP contribution is 2.25. The Balaban J connectivity index is 1.68.